The average Bonchev–Trinajstić information content (AvgIpc) is 3.50. The molecule has 26 heavy (non-hydrogen) atoms. The molecular weight excluding hydrogens is 322 g/mol. The van der Waals surface area contributed by atoms with Gasteiger partial charge in [-0.3, -0.25) is 0 Å². The molecule has 1 saturated heterocycles. The highest BCUT2D eigenvalue weighted by Crippen LogP contribution is 2.47. The van der Waals surface area contributed by atoms with Gasteiger partial charge in [0.05, 0.1) is 0 Å². The first kappa shape index (κ1) is 17.0. The van der Waals surface area contributed by atoms with Gasteiger partial charge in [-0.1, -0.05) is 30.3 Å². The SMILES string of the molecule is O=C(NCC1(c2ccccc2)CC1)Nc1ccc(N2CCCCC2)cc1. The van der Waals surface area contributed by atoms with Gasteiger partial charge in [-0.25, -0.2) is 4.79 Å². The number of nitrogens with zero attached hydrogens (tertiary/aromatic N) is 1. The van der Waals surface area contributed by atoms with Gasteiger partial charge in [0, 0.05) is 36.4 Å². The standard InChI is InChI=1S/C22H27N3O/c26-21(23-17-22(13-14-22)18-7-3-1-4-8-18)24-19-9-11-20(12-10-19)25-15-5-2-6-16-25/h1,3-4,7-12H,2,5-6,13-17H2,(H2,23,24,26). The lowest BCUT2D eigenvalue weighted by Crippen LogP contribution is -2.35. The lowest BCUT2D eigenvalue weighted by atomic mass is 9.96. The summed E-state index contributed by atoms with van der Waals surface area (Å²) in [7, 11) is 0. The Labute approximate surface area is 155 Å². The fourth-order valence-electron chi connectivity index (χ4n) is 3.84. The molecule has 4 heteroatoms. The summed E-state index contributed by atoms with van der Waals surface area (Å²) < 4.78 is 0. The fourth-order valence-corrected chi connectivity index (χ4v) is 3.84. The van der Waals surface area contributed by atoms with Crippen molar-refractivity contribution in [3.63, 3.8) is 0 Å². The number of nitrogens with one attached hydrogen (secondary N) is 2. The average molecular weight is 349 g/mol. The van der Waals surface area contributed by atoms with Crippen LogP contribution in [0.25, 0.3) is 0 Å². The minimum absolute atomic E-state index is 0.127. The van der Waals surface area contributed by atoms with Gasteiger partial charge in [0.15, 0.2) is 0 Å². The summed E-state index contributed by atoms with van der Waals surface area (Å²) in [5.41, 5.74) is 3.55. The molecule has 4 nitrogen and oxygen atoms in total. The van der Waals surface area contributed by atoms with E-state index in [1.807, 2.05) is 18.2 Å². The minimum atomic E-state index is -0.127. The second-order valence-corrected chi connectivity index (χ2v) is 7.55. The van der Waals surface area contributed by atoms with Crippen LogP contribution in [-0.2, 0) is 5.41 Å². The second-order valence-electron chi connectivity index (χ2n) is 7.55. The van der Waals surface area contributed by atoms with Gasteiger partial charge in [-0.05, 0) is 61.9 Å². The van der Waals surface area contributed by atoms with Crippen molar-refractivity contribution in [1.29, 1.82) is 0 Å². The topological polar surface area (TPSA) is 44.4 Å². The number of hydrogen-bond acceptors (Lipinski definition) is 2. The van der Waals surface area contributed by atoms with E-state index in [9.17, 15) is 4.79 Å². The Morgan fingerprint density at radius 1 is 0.923 bits per heavy atom. The number of benzene rings is 2. The number of hydrogen-bond donors (Lipinski definition) is 2. The molecular formula is C22H27N3O. The van der Waals surface area contributed by atoms with Crippen molar-refractivity contribution in [3.8, 4) is 0 Å². The first-order valence-electron chi connectivity index (χ1n) is 9.71. The Morgan fingerprint density at radius 2 is 1.62 bits per heavy atom. The maximum Gasteiger partial charge on any atom is 0.319 e. The summed E-state index contributed by atoms with van der Waals surface area (Å²) in [6.45, 7) is 2.96. The van der Waals surface area contributed by atoms with E-state index in [-0.39, 0.29) is 11.4 Å². The summed E-state index contributed by atoms with van der Waals surface area (Å²) in [5.74, 6) is 0. The zero-order valence-electron chi connectivity index (χ0n) is 15.2. The molecule has 4 rings (SSSR count). The number of anilines is 2. The van der Waals surface area contributed by atoms with Gasteiger partial charge in [0.1, 0.15) is 0 Å². The van der Waals surface area contributed by atoms with E-state index >= 15 is 0 Å². The second kappa shape index (κ2) is 7.40. The molecule has 1 aliphatic carbocycles. The molecule has 136 valence electrons. The van der Waals surface area contributed by atoms with Crippen LogP contribution >= 0.6 is 0 Å². The van der Waals surface area contributed by atoms with Gasteiger partial charge < -0.3 is 15.5 Å². The fraction of sp³-hybridized carbons (Fsp3) is 0.409. The summed E-state index contributed by atoms with van der Waals surface area (Å²) in [6, 6.07) is 18.6. The molecule has 0 spiro atoms. The predicted octanol–water partition coefficient (Wildman–Crippen LogP) is 4.53. The quantitative estimate of drug-likeness (QED) is 0.833. The maximum atomic E-state index is 12.3. The molecule has 0 aromatic heterocycles. The van der Waals surface area contributed by atoms with Crippen LogP contribution in [0.5, 0.6) is 0 Å². The Balaban J connectivity index is 1.29. The van der Waals surface area contributed by atoms with Crippen molar-refractivity contribution in [1.82, 2.24) is 5.32 Å². The third-order valence-corrected chi connectivity index (χ3v) is 5.67. The van der Waals surface area contributed by atoms with E-state index < -0.39 is 0 Å². The third-order valence-electron chi connectivity index (χ3n) is 5.67. The highest BCUT2D eigenvalue weighted by Gasteiger charge is 2.44. The van der Waals surface area contributed by atoms with Crippen LogP contribution in [0.15, 0.2) is 54.6 Å². The van der Waals surface area contributed by atoms with Crippen LogP contribution in [0.3, 0.4) is 0 Å². The Bertz CT molecular complexity index is 732. The lowest BCUT2D eigenvalue weighted by Gasteiger charge is -2.28. The lowest BCUT2D eigenvalue weighted by molar-refractivity contribution is 0.251. The summed E-state index contributed by atoms with van der Waals surface area (Å²) in [6.07, 6.45) is 6.15. The maximum absolute atomic E-state index is 12.3. The Kier molecular flexibility index (Phi) is 4.83. The van der Waals surface area contributed by atoms with Gasteiger partial charge in [0.2, 0.25) is 0 Å². The highest BCUT2D eigenvalue weighted by atomic mass is 16.2. The Morgan fingerprint density at radius 3 is 2.27 bits per heavy atom. The number of rotatable bonds is 5. The molecule has 0 radical (unpaired) electrons. The zero-order valence-corrected chi connectivity index (χ0v) is 15.2. The molecule has 1 saturated carbocycles. The number of urea groups is 1. The monoisotopic (exact) mass is 349 g/mol. The van der Waals surface area contributed by atoms with Crippen LogP contribution in [-0.4, -0.2) is 25.7 Å². The van der Waals surface area contributed by atoms with Crippen LogP contribution in [0.1, 0.15) is 37.7 Å². The molecule has 0 bridgehead atoms. The molecule has 1 heterocycles. The van der Waals surface area contributed by atoms with Crippen molar-refractivity contribution >= 4 is 17.4 Å². The Hall–Kier alpha value is -2.49. The third kappa shape index (κ3) is 3.85. The van der Waals surface area contributed by atoms with Gasteiger partial charge >= 0.3 is 6.03 Å². The molecule has 2 aliphatic rings. The summed E-state index contributed by atoms with van der Waals surface area (Å²) in [4.78, 5) is 14.7. The molecule has 2 aromatic carbocycles. The summed E-state index contributed by atoms with van der Waals surface area (Å²) in [5, 5.41) is 6.01. The van der Waals surface area contributed by atoms with Gasteiger partial charge in [-0.2, -0.15) is 0 Å². The van der Waals surface area contributed by atoms with Gasteiger partial charge in [-0.15, -0.1) is 0 Å². The molecule has 2 N–H and O–H groups in total. The molecule has 2 aromatic rings. The van der Waals surface area contributed by atoms with Crippen molar-refractivity contribution in [2.45, 2.75) is 37.5 Å². The van der Waals surface area contributed by atoms with Crippen LogP contribution in [0.4, 0.5) is 16.2 Å². The van der Waals surface area contributed by atoms with E-state index in [0.717, 1.165) is 31.6 Å². The molecule has 2 fully saturated rings. The van der Waals surface area contributed by atoms with E-state index in [4.69, 9.17) is 0 Å². The van der Waals surface area contributed by atoms with Crippen molar-refractivity contribution in [2.75, 3.05) is 29.9 Å². The first-order valence-corrected chi connectivity index (χ1v) is 9.71. The number of piperidine rings is 1. The first-order chi connectivity index (χ1) is 12.8. The van der Waals surface area contributed by atoms with Crippen molar-refractivity contribution in [2.24, 2.45) is 0 Å². The van der Waals surface area contributed by atoms with Crippen molar-refractivity contribution < 1.29 is 4.79 Å². The molecule has 0 atom stereocenters. The van der Waals surface area contributed by atoms with Crippen molar-refractivity contribution in [3.05, 3.63) is 60.2 Å². The predicted molar refractivity (Wildman–Crippen MR) is 107 cm³/mol. The number of carbonyl (C=O) groups is 1. The van der Waals surface area contributed by atoms with E-state index in [1.165, 1.54) is 30.5 Å². The van der Waals surface area contributed by atoms with E-state index in [0.29, 0.717) is 6.54 Å². The van der Waals surface area contributed by atoms with Crippen LogP contribution in [0, 0.1) is 0 Å². The molecule has 1 aliphatic heterocycles. The largest absolute Gasteiger partial charge is 0.372 e. The van der Waals surface area contributed by atoms with E-state index in [2.05, 4.69) is 51.9 Å². The highest BCUT2D eigenvalue weighted by molar-refractivity contribution is 5.89. The summed E-state index contributed by atoms with van der Waals surface area (Å²) >= 11 is 0. The number of carbonyl (C=O) groups excluding carboxylic acids is 1. The number of amides is 2. The smallest absolute Gasteiger partial charge is 0.319 e. The van der Waals surface area contributed by atoms with Gasteiger partial charge in [0.25, 0.3) is 0 Å². The zero-order chi connectivity index (χ0) is 17.8. The molecule has 2 amide bonds. The molecule has 0 unspecified atom stereocenters. The van der Waals surface area contributed by atoms with Crippen LogP contribution in [0.2, 0.25) is 0 Å². The van der Waals surface area contributed by atoms with E-state index in [1.54, 1.807) is 0 Å². The van der Waals surface area contributed by atoms with Crippen LogP contribution < -0.4 is 15.5 Å². The minimum Gasteiger partial charge on any atom is -0.372 e. The normalized spacial score (nSPS) is 18.2.